The van der Waals surface area contributed by atoms with Crippen LogP contribution in [0.3, 0.4) is 0 Å². The number of halogens is 1. The van der Waals surface area contributed by atoms with E-state index in [-0.39, 0.29) is 0 Å². The summed E-state index contributed by atoms with van der Waals surface area (Å²) in [7, 11) is 0. The Balaban J connectivity index is 1.58. The summed E-state index contributed by atoms with van der Waals surface area (Å²) < 4.78 is 6.91. The number of rotatable bonds is 5. The summed E-state index contributed by atoms with van der Waals surface area (Å²) in [5.41, 5.74) is 3.78. The Hall–Kier alpha value is -2.06. The Kier molecular flexibility index (Phi) is 4.92. The molecule has 0 saturated heterocycles. The van der Waals surface area contributed by atoms with E-state index < -0.39 is 0 Å². The van der Waals surface area contributed by atoms with Crippen LogP contribution in [0.15, 0.2) is 83.3 Å². The molecule has 0 N–H and O–H groups in total. The molecular formula is C20H17BrO. The smallest absolute Gasteiger partial charge is 0.119 e. The molecule has 1 nitrogen and oxygen atoms in total. The van der Waals surface area contributed by atoms with Gasteiger partial charge in [-0.05, 0) is 47.4 Å². The first kappa shape index (κ1) is 14.9. The van der Waals surface area contributed by atoms with Crippen LogP contribution in [0.4, 0.5) is 0 Å². The maximum Gasteiger partial charge on any atom is 0.119 e. The first-order valence-electron chi connectivity index (χ1n) is 7.30. The van der Waals surface area contributed by atoms with Gasteiger partial charge >= 0.3 is 0 Å². The minimum absolute atomic E-state index is 0.589. The molecule has 0 atom stereocenters. The second kappa shape index (κ2) is 7.28. The van der Waals surface area contributed by atoms with Gasteiger partial charge in [0.25, 0.3) is 0 Å². The molecule has 0 radical (unpaired) electrons. The van der Waals surface area contributed by atoms with E-state index in [4.69, 9.17) is 4.74 Å². The highest BCUT2D eigenvalue weighted by atomic mass is 79.9. The molecule has 0 fully saturated rings. The fraction of sp³-hybridized carbons (Fsp3) is 0.100. The highest BCUT2D eigenvalue weighted by molar-refractivity contribution is 9.10. The van der Waals surface area contributed by atoms with Crippen molar-refractivity contribution in [3.63, 3.8) is 0 Å². The summed E-state index contributed by atoms with van der Waals surface area (Å²) in [5, 5.41) is 0. The van der Waals surface area contributed by atoms with Crippen molar-refractivity contribution in [3.8, 4) is 5.75 Å². The summed E-state index contributed by atoms with van der Waals surface area (Å²) >= 11 is 3.44. The Morgan fingerprint density at radius 2 is 1.23 bits per heavy atom. The maximum atomic E-state index is 5.82. The topological polar surface area (TPSA) is 9.23 Å². The predicted octanol–water partition coefficient (Wildman–Crippen LogP) is 5.62. The Labute approximate surface area is 139 Å². The van der Waals surface area contributed by atoms with E-state index in [1.54, 1.807) is 0 Å². The summed E-state index contributed by atoms with van der Waals surface area (Å²) in [5.74, 6) is 0.903. The highest BCUT2D eigenvalue weighted by Crippen LogP contribution is 2.17. The van der Waals surface area contributed by atoms with Crippen molar-refractivity contribution in [1.82, 2.24) is 0 Å². The lowest BCUT2D eigenvalue weighted by molar-refractivity contribution is 0.306. The molecular weight excluding hydrogens is 336 g/mol. The maximum absolute atomic E-state index is 5.82. The summed E-state index contributed by atoms with van der Waals surface area (Å²) in [6.45, 7) is 0.589. The van der Waals surface area contributed by atoms with Gasteiger partial charge < -0.3 is 4.74 Å². The van der Waals surface area contributed by atoms with Crippen molar-refractivity contribution in [2.75, 3.05) is 0 Å². The molecule has 0 heterocycles. The van der Waals surface area contributed by atoms with Crippen LogP contribution in [0.5, 0.6) is 5.75 Å². The number of ether oxygens (including phenoxy) is 1. The molecule has 0 saturated carbocycles. The van der Waals surface area contributed by atoms with E-state index in [0.717, 1.165) is 22.2 Å². The summed E-state index contributed by atoms with van der Waals surface area (Å²) in [6.07, 6.45) is 0.952. The molecule has 3 rings (SSSR count). The van der Waals surface area contributed by atoms with E-state index in [2.05, 4.69) is 64.5 Å². The van der Waals surface area contributed by atoms with Crippen LogP contribution in [-0.2, 0) is 13.0 Å². The first-order chi connectivity index (χ1) is 10.8. The average molecular weight is 353 g/mol. The third-order valence-electron chi connectivity index (χ3n) is 3.49. The van der Waals surface area contributed by atoms with Crippen LogP contribution >= 0.6 is 15.9 Å². The van der Waals surface area contributed by atoms with Gasteiger partial charge in [0, 0.05) is 4.47 Å². The molecule has 22 heavy (non-hydrogen) atoms. The molecule has 0 amide bonds. The Morgan fingerprint density at radius 3 is 1.91 bits per heavy atom. The first-order valence-corrected chi connectivity index (χ1v) is 8.09. The van der Waals surface area contributed by atoms with Crippen molar-refractivity contribution >= 4 is 15.9 Å². The largest absolute Gasteiger partial charge is 0.489 e. The number of benzene rings is 3. The van der Waals surface area contributed by atoms with Crippen LogP contribution < -0.4 is 4.74 Å². The minimum Gasteiger partial charge on any atom is -0.489 e. The third-order valence-corrected chi connectivity index (χ3v) is 4.02. The molecule has 0 aliphatic heterocycles. The van der Waals surface area contributed by atoms with Gasteiger partial charge in [-0.15, -0.1) is 0 Å². The van der Waals surface area contributed by atoms with Gasteiger partial charge in [-0.2, -0.15) is 0 Å². The standard InChI is InChI=1S/C20H17BrO/c21-19-10-6-18(7-11-19)15-22-20-12-8-17(9-13-20)14-16-4-2-1-3-5-16/h1-13H,14-15H2. The van der Waals surface area contributed by atoms with Crippen molar-refractivity contribution in [2.24, 2.45) is 0 Å². The fourth-order valence-corrected chi connectivity index (χ4v) is 2.55. The van der Waals surface area contributed by atoms with Crippen molar-refractivity contribution in [2.45, 2.75) is 13.0 Å². The van der Waals surface area contributed by atoms with Crippen molar-refractivity contribution in [1.29, 1.82) is 0 Å². The lowest BCUT2D eigenvalue weighted by Crippen LogP contribution is -1.95. The zero-order chi connectivity index (χ0) is 15.2. The molecule has 0 bridgehead atoms. The molecule has 0 unspecified atom stereocenters. The fourth-order valence-electron chi connectivity index (χ4n) is 2.28. The molecule has 0 spiro atoms. The zero-order valence-electron chi connectivity index (χ0n) is 12.2. The third kappa shape index (κ3) is 4.22. The monoisotopic (exact) mass is 352 g/mol. The second-order valence-electron chi connectivity index (χ2n) is 5.22. The minimum atomic E-state index is 0.589. The normalized spacial score (nSPS) is 10.4. The zero-order valence-corrected chi connectivity index (χ0v) is 13.8. The molecule has 0 aliphatic carbocycles. The van der Waals surface area contributed by atoms with Gasteiger partial charge in [-0.25, -0.2) is 0 Å². The Morgan fingerprint density at radius 1 is 0.636 bits per heavy atom. The average Bonchev–Trinajstić information content (AvgIpc) is 2.57. The number of hydrogen-bond donors (Lipinski definition) is 0. The molecule has 0 aliphatic rings. The summed E-state index contributed by atoms with van der Waals surface area (Å²) in [4.78, 5) is 0. The predicted molar refractivity (Wildman–Crippen MR) is 94.2 cm³/mol. The van der Waals surface area contributed by atoms with E-state index in [9.17, 15) is 0 Å². The quantitative estimate of drug-likeness (QED) is 0.579. The van der Waals surface area contributed by atoms with Crippen LogP contribution in [0.25, 0.3) is 0 Å². The lowest BCUT2D eigenvalue weighted by Gasteiger charge is -2.08. The van der Waals surface area contributed by atoms with Gasteiger partial charge in [0.05, 0.1) is 0 Å². The number of hydrogen-bond acceptors (Lipinski definition) is 1. The Bertz CT molecular complexity index is 703. The molecule has 0 aromatic heterocycles. The van der Waals surface area contributed by atoms with Crippen molar-refractivity contribution in [3.05, 3.63) is 100 Å². The van der Waals surface area contributed by atoms with Gasteiger partial charge in [0.2, 0.25) is 0 Å². The van der Waals surface area contributed by atoms with E-state index in [1.807, 2.05) is 30.3 Å². The SMILES string of the molecule is Brc1ccc(COc2ccc(Cc3ccccc3)cc2)cc1. The van der Waals surface area contributed by atoms with Crippen LogP contribution in [0, 0.1) is 0 Å². The highest BCUT2D eigenvalue weighted by Gasteiger charge is 1.99. The summed E-state index contributed by atoms with van der Waals surface area (Å²) in [6, 6.07) is 27.0. The second-order valence-corrected chi connectivity index (χ2v) is 6.14. The van der Waals surface area contributed by atoms with E-state index >= 15 is 0 Å². The van der Waals surface area contributed by atoms with Gasteiger partial charge in [0.15, 0.2) is 0 Å². The molecule has 3 aromatic carbocycles. The van der Waals surface area contributed by atoms with Crippen LogP contribution in [-0.4, -0.2) is 0 Å². The van der Waals surface area contributed by atoms with E-state index in [0.29, 0.717) is 6.61 Å². The van der Waals surface area contributed by atoms with Crippen molar-refractivity contribution < 1.29 is 4.74 Å². The lowest BCUT2D eigenvalue weighted by atomic mass is 10.1. The van der Waals surface area contributed by atoms with E-state index in [1.165, 1.54) is 11.1 Å². The molecule has 2 heteroatoms. The van der Waals surface area contributed by atoms with Crippen LogP contribution in [0.2, 0.25) is 0 Å². The molecule has 110 valence electrons. The van der Waals surface area contributed by atoms with Gasteiger partial charge in [-0.3, -0.25) is 0 Å². The molecule has 3 aromatic rings. The van der Waals surface area contributed by atoms with Gasteiger partial charge in [0.1, 0.15) is 12.4 Å². The van der Waals surface area contributed by atoms with Gasteiger partial charge in [-0.1, -0.05) is 70.5 Å². The van der Waals surface area contributed by atoms with Crippen LogP contribution in [0.1, 0.15) is 16.7 Å².